The number of para-hydroxylation sites is 1. The molecule has 3 aromatic heterocycles. The summed E-state index contributed by atoms with van der Waals surface area (Å²) in [7, 11) is 0. The van der Waals surface area contributed by atoms with E-state index in [-0.39, 0.29) is 11.9 Å². The first-order chi connectivity index (χ1) is 15.7. The number of piperidine rings is 1. The summed E-state index contributed by atoms with van der Waals surface area (Å²) in [6.07, 6.45) is 3.88. The lowest BCUT2D eigenvalue weighted by molar-refractivity contribution is 0.0892. The smallest absolute Gasteiger partial charge is 0.261 e. The maximum atomic E-state index is 12.8. The highest BCUT2D eigenvalue weighted by atomic mass is 32.1. The zero-order chi connectivity index (χ0) is 21.9. The quantitative estimate of drug-likeness (QED) is 0.423. The Kier molecular flexibility index (Phi) is 6.06. The van der Waals surface area contributed by atoms with Crippen molar-refractivity contribution >= 4 is 28.1 Å². The predicted molar refractivity (Wildman–Crippen MR) is 130 cm³/mol. The Bertz CT molecular complexity index is 1180. The summed E-state index contributed by atoms with van der Waals surface area (Å²) in [5.41, 5.74) is 4.80. The number of pyridine rings is 1. The zero-order valence-corrected chi connectivity index (χ0v) is 19.1. The fraction of sp³-hybridized carbons (Fsp3) is 0.308. The van der Waals surface area contributed by atoms with E-state index in [1.165, 1.54) is 33.5 Å². The van der Waals surface area contributed by atoms with Crippen molar-refractivity contribution in [3.63, 3.8) is 0 Å². The average Bonchev–Trinajstić information content (AvgIpc) is 3.48. The van der Waals surface area contributed by atoms with Gasteiger partial charge in [0.05, 0.1) is 16.6 Å². The third-order valence-electron chi connectivity index (χ3n) is 6.59. The Labute approximate surface area is 192 Å². The number of nitrogens with one attached hydrogen (secondary N) is 2. The molecule has 1 fully saturated rings. The molecule has 1 atom stereocenters. The van der Waals surface area contributed by atoms with Gasteiger partial charge in [0.25, 0.3) is 5.91 Å². The number of carbonyl (C=O) groups is 1. The van der Waals surface area contributed by atoms with Crippen molar-refractivity contribution in [1.82, 2.24) is 20.2 Å². The highest BCUT2D eigenvalue weighted by Gasteiger charge is 2.30. The molecule has 32 heavy (non-hydrogen) atoms. The molecule has 0 bridgehead atoms. The van der Waals surface area contributed by atoms with Crippen LogP contribution in [0.25, 0.3) is 10.9 Å². The van der Waals surface area contributed by atoms with Crippen LogP contribution in [0.4, 0.5) is 0 Å². The second-order valence-electron chi connectivity index (χ2n) is 8.57. The minimum Gasteiger partial charge on any atom is -0.357 e. The summed E-state index contributed by atoms with van der Waals surface area (Å²) < 4.78 is 0. The van der Waals surface area contributed by atoms with Crippen molar-refractivity contribution in [2.45, 2.75) is 32.4 Å². The van der Waals surface area contributed by atoms with E-state index in [1.54, 1.807) is 0 Å². The van der Waals surface area contributed by atoms with E-state index in [0.29, 0.717) is 5.92 Å². The second-order valence-corrected chi connectivity index (χ2v) is 9.52. The number of rotatable bonds is 6. The van der Waals surface area contributed by atoms with Crippen LogP contribution in [-0.4, -0.2) is 33.9 Å². The molecule has 4 aromatic rings. The van der Waals surface area contributed by atoms with Crippen molar-refractivity contribution in [3.8, 4) is 0 Å². The molecule has 1 aliphatic rings. The van der Waals surface area contributed by atoms with E-state index in [9.17, 15) is 4.79 Å². The van der Waals surface area contributed by atoms with Crippen LogP contribution in [0.2, 0.25) is 0 Å². The third-order valence-corrected chi connectivity index (χ3v) is 7.46. The molecule has 1 amide bonds. The highest BCUT2D eigenvalue weighted by Crippen LogP contribution is 2.32. The topological polar surface area (TPSA) is 61.0 Å². The van der Waals surface area contributed by atoms with Crippen molar-refractivity contribution in [1.29, 1.82) is 0 Å². The Morgan fingerprint density at radius 3 is 2.69 bits per heavy atom. The number of nitrogens with zero attached hydrogens (tertiary/aromatic N) is 2. The number of fused-ring (bicyclic) bond motifs is 1. The Balaban J connectivity index is 1.27. The molecule has 0 spiro atoms. The number of amides is 1. The van der Waals surface area contributed by atoms with Gasteiger partial charge in [0.1, 0.15) is 0 Å². The molecular formula is C26H28N4OS. The Morgan fingerprint density at radius 2 is 1.97 bits per heavy atom. The molecule has 0 aliphatic carbocycles. The van der Waals surface area contributed by atoms with Gasteiger partial charge in [-0.2, -0.15) is 0 Å². The minimum absolute atomic E-state index is 0.00761. The van der Waals surface area contributed by atoms with Gasteiger partial charge in [-0.3, -0.25) is 14.7 Å². The molecule has 164 valence electrons. The molecule has 2 N–H and O–H groups in total. The maximum absolute atomic E-state index is 12.8. The van der Waals surface area contributed by atoms with Gasteiger partial charge in [-0.1, -0.05) is 30.3 Å². The molecule has 1 aromatic carbocycles. The highest BCUT2D eigenvalue weighted by molar-refractivity contribution is 7.12. The van der Waals surface area contributed by atoms with Crippen LogP contribution in [0.3, 0.4) is 0 Å². The Hall–Kier alpha value is -2.96. The first-order valence-corrected chi connectivity index (χ1v) is 12.1. The molecule has 5 rings (SSSR count). The first-order valence-electron chi connectivity index (χ1n) is 11.2. The average molecular weight is 445 g/mol. The van der Waals surface area contributed by atoms with Gasteiger partial charge in [-0.15, -0.1) is 11.3 Å². The Morgan fingerprint density at radius 1 is 1.16 bits per heavy atom. The summed E-state index contributed by atoms with van der Waals surface area (Å²) in [4.78, 5) is 24.3. The second kappa shape index (κ2) is 9.27. The standard InChI is InChI=1S/C26H28N4OS/c1-18-20-7-2-3-8-21(20)28-23(18)17-30-14-11-19(12-15-30)25(22-9-4-5-13-27-22)29-26(31)24-10-6-16-32-24/h2-10,13,16,19,25,28H,11-12,14-15,17H2,1H3,(H,29,31)/t25-/m1/s1. The molecule has 0 radical (unpaired) electrons. The maximum Gasteiger partial charge on any atom is 0.261 e. The SMILES string of the molecule is Cc1c(CN2CCC([C@@H](NC(=O)c3cccs3)c3ccccn3)CC2)[nH]c2ccccc12. The lowest BCUT2D eigenvalue weighted by Crippen LogP contribution is -2.40. The first kappa shape index (κ1) is 20.9. The molecule has 6 heteroatoms. The molecular weight excluding hydrogens is 416 g/mol. The van der Waals surface area contributed by atoms with Crippen molar-refractivity contribution in [2.24, 2.45) is 5.92 Å². The lowest BCUT2D eigenvalue weighted by atomic mass is 9.87. The summed E-state index contributed by atoms with van der Waals surface area (Å²) in [5, 5.41) is 6.53. The van der Waals surface area contributed by atoms with Crippen molar-refractivity contribution in [2.75, 3.05) is 13.1 Å². The van der Waals surface area contributed by atoms with E-state index in [2.05, 4.69) is 51.4 Å². The van der Waals surface area contributed by atoms with Gasteiger partial charge in [0.2, 0.25) is 0 Å². The van der Waals surface area contributed by atoms with Crippen LogP contribution in [0.15, 0.2) is 66.2 Å². The van der Waals surface area contributed by atoms with Gasteiger partial charge in [0.15, 0.2) is 0 Å². The lowest BCUT2D eigenvalue weighted by Gasteiger charge is -2.36. The van der Waals surface area contributed by atoms with Crippen LogP contribution >= 0.6 is 11.3 Å². The van der Waals surface area contributed by atoms with Crippen LogP contribution in [-0.2, 0) is 6.54 Å². The fourth-order valence-corrected chi connectivity index (χ4v) is 5.40. The number of H-pyrrole nitrogens is 1. The van der Waals surface area contributed by atoms with Crippen molar-refractivity contribution < 1.29 is 4.79 Å². The van der Waals surface area contributed by atoms with E-state index < -0.39 is 0 Å². The van der Waals surface area contributed by atoms with E-state index in [4.69, 9.17) is 0 Å². The van der Waals surface area contributed by atoms with Crippen molar-refractivity contribution in [3.05, 3.63) is 88.0 Å². The van der Waals surface area contributed by atoms with E-state index >= 15 is 0 Å². The number of benzene rings is 1. The fourth-order valence-electron chi connectivity index (χ4n) is 4.78. The van der Waals surface area contributed by atoms with Crippen LogP contribution in [0.5, 0.6) is 0 Å². The predicted octanol–water partition coefficient (Wildman–Crippen LogP) is 5.32. The largest absolute Gasteiger partial charge is 0.357 e. The summed E-state index contributed by atoms with van der Waals surface area (Å²) in [5.74, 6) is 0.362. The molecule has 0 unspecified atom stereocenters. The summed E-state index contributed by atoms with van der Waals surface area (Å²) in [6, 6.07) is 18.2. The van der Waals surface area contributed by atoms with Gasteiger partial charge >= 0.3 is 0 Å². The number of hydrogen-bond donors (Lipinski definition) is 2. The van der Waals surface area contributed by atoms with Gasteiger partial charge in [-0.05, 0) is 74.0 Å². The summed E-state index contributed by atoms with van der Waals surface area (Å²) >= 11 is 1.48. The van der Waals surface area contributed by atoms with Crippen LogP contribution < -0.4 is 5.32 Å². The van der Waals surface area contributed by atoms with E-state index in [0.717, 1.165) is 43.0 Å². The minimum atomic E-state index is -0.0669. The number of carbonyl (C=O) groups excluding carboxylic acids is 1. The van der Waals surface area contributed by atoms with Gasteiger partial charge in [-0.25, -0.2) is 0 Å². The number of aromatic amines is 1. The van der Waals surface area contributed by atoms with Gasteiger partial charge < -0.3 is 10.3 Å². The van der Waals surface area contributed by atoms with Gasteiger partial charge in [0, 0.05) is 29.3 Å². The number of aryl methyl sites for hydroxylation is 1. The zero-order valence-electron chi connectivity index (χ0n) is 18.3. The number of aromatic nitrogens is 2. The number of likely N-dealkylation sites (tertiary alicyclic amines) is 1. The molecule has 1 saturated heterocycles. The monoisotopic (exact) mass is 444 g/mol. The normalized spacial score (nSPS) is 16.3. The number of hydrogen-bond acceptors (Lipinski definition) is 4. The summed E-state index contributed by atoms with van der Waals surface area (Å²) in [6.45, 7) is 5.16. The molecule has 4 heterocycles. The van der Waals surface area contributed by atoms with E-state index in [1.807, 2.05) is 41.9 Å². The number of thiophene rings is 1. The molecule has 5 nitrogen and oxygen atoms in total. The molecule has 0 saturated carbocycles. The third kappa shape index (κ3) is 4.33. The molecule has 1 aliphatic heterocycles. The van der Waals surface area contributed by atoms with Crippen LogP contribution in [0, 0.1) is 12.8 Å². The van der Waals surface area contributed by atoms with Crippen LogP contribution in [0.1, 0.15) is 45.5 Å².